The molecule has 0 saturated heterocycles. The molecule has 3 rings (SSSR count). The van der Waals surface area contributed by atoms with Crippen molar-refractivity contribution in [2.24, 2.45) is 0 Å². The van der Waals surface area contributed by atoms with E-state index in [0.717, 1.165) is 5.52 Å². The molecule has 1 N–H and O–H groups in total. The van der Waals surface area contributed by atoms with Gasteiger partial charge >= 0.3 is 5.97 Å². The highest BCUT2D eigenvalue weighted by Gasteiger charge is 2.13. The smallest absolute Gasteiger partial charge is 0.337 e. The van der Waals surface area contributed by atoms with Crippen LogP contribution < -0.4 is 5.56 Å². The van der Waals surface area contributed by atoms with Crippen LogP contribution in [0.3, 0.4) is 0 Å². The summed E-state index contributed by atoms with van der Waals surface area (Å²) < 4.78 is 3.48. The fraction of sp³-hybridized carbons (Fsp3) is 0.125. The van der Waals surface area contributed by atoms with Crippen molar-refractivity contribution in [3.8, 4) is 0 Å². The summed E-state index contributed by atoms with van der Waals surface area (Å²) in [5.74, 6) is -0.943. The third-order valence-corrected chi connectivity index (χ3v) is 3.50. The molecule has 0 radical (unpaired) electrons. The normalized spacial score (nSPS) is 10.9. The van der Waals surface area contributed by atoms with Crippen LogP contribution in [0, 0.1) is 0 Å². The van der Waals surface area contributed by atoms with Crippen LogP contribution in [0.1, 0.15) is 10.4 Å². The molecule has 1 aromatic carbocycles. The molecule has 0 bridgehead atoms. The van der Waals surface area contributed by atoms with Crippen molar-refractivity contribution in [3.05, 3.63) is 70.8 Å². The molecule has 0 atom stereocenters. The highest BCUT2D eigenvalue weighted by molar-refractivity contribution is 6.03. The van der Waals surface area contributed by atoms with Gasteiger partial charge in [-0.3, -0.25) is 4.79 Å². The first-order valence-electron chi connectivity index (χ1n) is 6.63. The molecule has 0 aliphatic heterocycles. The van der Waals surface area contributed by atoms with Crippen LogP contribution in [0.2, 0.25) is 0 Å². The van der Waals surface area contributed by atoms with Gasteiger partial charge < -0.3 is 14.2 Å². The Morgan fingerprint density at radius 3 is 2.48 bits per heavy atom. The Kier molecular flexibility index (Phi) is 3.31. The van der Waals surface area contributed by atoms with Gasteiger partial charge in [0, 0.05) is 42.5 Å². The molecule has 5 nitrogen and oxygen atoms in total. The highest BCUT2D eigenvalue weighted by atomic mass is 16.4. The zero-order chi connectivity index (χ0) is 14.8. The van der Waals surface area contributed by atoms with E-state index in [9.17, 15) is 14.7 Å². The minimum absolute atomic E-state index is 0.0626. The molecule has 0 saturated carbocycles. The second-order valence-corrected chi connectivity index (χ2v) is 4.79. The number of hydrogen-bond donors (Lipinski definition) is 1. The number of aromatic carboxylic acids is 1. The standard InChI is InChI=1S/C16H14N2O3/c19-15-7-3-4-8-17(15)9-10-18-11-13(16(20)21)12-5-1-2-6-14(12)18/h1-8,11H,9-10H2,(H,20,21). The van der Waals surface area contributed by atoms with E-state index in [-0.39, 0.29) is 11.1 Å². The van der Waals surface area contributed by atoms with Crippen molar-refractivity contribution in [2.45, 2.75) is 13.1 Å². The summed E-state index contributed by atoms with van der Waals surface area (Å²) in [7, 11) is 0. The maximum atomic E-state index is 11.7. The van der Waals surface area contributed by atoms with E-state index >= 15 is 0 Å². The van der Waals surface area contributed by atoms with Crippen molar-refractivity contribution < 1.29 is 9.90 Å². The highest BCUT2D eigenvalue weighted by Crippen LogP contribution is 2.21. The van der Waals surface area contributed by atoms with E-state index < -0.39 is 5.97 Å². The molecule has 106 valence electrons. The van der Waals surface area contributed by atoms with Gasteiger partial charge in [-0.1, -0.05) is 24.3 Å². The quantitative estimate of drug-likeness (QED) is 0.798. The van der Waals surface area contributed by atoms with Gasteiger partial charge in [0.2, 0.25) is 0 Å². The molecule has 0 aliphatic rings. The maximum absolute atomic E-state index is 11.7. The number of benzene rings is 1. The number of nitrogens with zero attached hydrogens (tertiary/aromatic N) is 2. The number of hydrogen-bond acceptors (Lipinski definition) is 2. The lowest BCUT2D eigenvalue weighted by molar-refractivity contribution is 0.0699. The zero-order valence-electron chi connectivity index (χ0n) is 11.3. The van der Waals surface area contributed by atoms with Gasteiger partial charge in [0.15, 0.2) is 0 Å². The van der Waals surface area contributed by atoms with E-state index in [1.807, 2.05) is 22.8 Å². The van der Waals surface area contributed by atoms with Crippen LogP contribution in [-0.2, 0) is 13.1 Å². The van der Waals surface area contributed by atoms with Crippen molar-refractivity contribution >= 4 is 16.9 Å². The number of rotatable bonds is 4. The van der Waals surface area contributed by atoms with Gasteiger partial charge in [0.1, 0.15) is 0 Å². The van der Waals surface area contributed by atoms with E-state index in [2.05, 4.69) is 0 Å². The number of aromatic nitrogens is 2. The Labute approximate surface area is 120 Å². The predicted molar refractivity (Wildman–Crippen MR) is 79.6 cm³/mol. The van der Waals surface area contributed by atoms with E-state index in [1.54, 1.807) is 35.2 Å². The Balaban J connectivity index is 1.96. The van der Waals surface area contributed by atoms with Gasteiger partial charge in [0.05, 0.1) is 5.56 Å². The van der Waals surface area contributed by atoms with E-state index in [4.69, 9.17) is 0 Å². The van der Waals surface area contributed by atoms with Gasteiger partial charge in [-0.25, -0.2) is 4.79 Å². The molecule has 21 heavy (non-hydrogen) atoms. The monoisotopic (exact) mass is 282 g/mol. The number of pyridine rings is 1. The van der Waals surface area contributed by atoms with E-state index in [1.165, 1.54) is 6.07 Å². The van der Waals surface area contributed by atoms with Crippen molar-refractivity contribution in [2.75, 3.05) is 0 Å². The predicted octanol–water partition coefficient (Wildman–Crippen LogP) is 2.20. The van der Waals surface area contributed by atoms with E-state index in [0.29, 0.717) is 18.5 Å². The maximum Gasteiger partial charge on any atom is 0.337 e. The Bertz CT molecular complexity index is 861. The number of carboxylic acids is 1. The Morgan fingerprint density at radius 2 is 1.71 bits per heavy atom. The fourth-order valence-corrected chi connectivity index (χ4v) is 2.46. The molecule has 0 spiro atoms. The SMILES string of the molecule is O=C(O)c1cn(CCn2ccccc2=O)c2ccccc12. The summed E-state index contributed by atoms with van der Waals surface area (Å²) in [6.45, 7) is 1.04. The topological polar surface area (TPSA) is 64.2 Å². The van der Waals surface area contributed by atoms with Crippen molar-refractivity contribution in [1.82, 2.24) is 9.13 Å². The number of fused-ring (bicyclic) bond motifs is 1. The van der Waals surface area contributed by atoms with Crippen LogP contribution in [0.5, 0.6) is 0 Å². The number of para-hydroxylation sites is 1. The summed E-state index contributed by atoms with van der Waals surface area (Å²) in [5, 5.41) is 9.97. The first-order valence-corrected chi connectivity index (χ1v) is 6.63. The van der Waals surface area contributed by atoms with Crippen LogP contribution in [0.25, 0.3) is 10.9 Å². The van der Waals surface area contributed by atoms with Gasteiger partial charge in [-0.05, 0) is 12.1 Å². The molecule has 3 aromatic rings. The third-order valence-electron chi connectivity index (χ3n) is 3.50. The van der Waals surface area contributed by atoms with Crippen molar-refractivity contribution in [3.63, 3.8) is 0 Å². The molecular formula is C16H14N2O3. The van der Waals surface area contributed by atoms with Gasteiger partial charge in [-0.2, -0.15) is 0 Å². The minimum atomic E-state index is -0.943. The van der Waals surface area contributed by atoms with Crippen LogP contribution in [-0.4, -0.2) is 20.2 Å². The van der Waals surface area contributed by atoms with Gasteiger partial charge in [0.25, 0.3) is 5.56 Å². The Hall–Kier alpha value is -2.82. The molecule has 0 unspecified atom stereocenters. The Morgan fingerprint density at radius 1 is 1.00 bits per heavy atom. The molecule has 0 amide bonds. The second kappa shape index (κ2) is 5.28. The summed E-state index contributed by atoms with van der Waals surface area (Å²) in [4.78, 5) is 23.0. The molecule has 2 heterocycles. The van der Waals surface area contributed by atoms with Crippen molar-refractivity contribution in [1.29, 1.82) is 0 Å². The molecule has 0 fully saturated rings. The number of carboxylic acid groups (broad SMARTS) is 1. The molecular weight excluding hydrogens is 268 g/mol. The number of aryl methyl sites for hydroxylation is 2. The first-order chi connectivity index (χ1) is 10.2. The summed E-state index contributed by atoms with van der Waals surface area (Å²) in [6.07, 6.45) is 3.35. The number of carbonyl (C=O) groups is 1. The molecule has 0 aliphatic carbocycles. The largest absolute Gasteiger partial charge is 0.478 e. The summed E-state index contributed by atoms with van der Waals surface area (Å²) in [6, 6.07) is 12.4. The first kappa shape index (κ1) is 13.2. The minimum Gasteiger partial charge on any atom is -0.478 e. The molecule has 2 aromatic heterocycles. The lowest BCUT2D eigenvalue weighted by Crippen LogP contribution is -2.20. The third kappa shape index (κ3) is 2.45. The average Bonchev–Trinajstić information content (AvgIpc) is 2.86. The average molecular weight is 282 g/mol. The fourth-order valence-electron chi connectivity index (χ4n) is 2.46. The van der Waals surface area contributed by atoms with Crippen LogP contribution >= 0.6 is 0 Å². The molecule has 5 heteroatoms. The van der Waals surface area contributed by atoms with Gasteiger partial charge in [-0.15, -0.1) is 0 Å². The lowest BCUT2D eigenvalue weighted by atomic mass is 10.2. The van der Waals surface area contributed by atoms with Crippen LogP contribution in [0.4, 0.5) is 0 Å². The van der Waals surface area contributed by atoms with Crippen LogP contribution in [0.15, 0.2) is 59.7 Å². The second-order valence-electron chi connectivity index (χ2n) is 4.79. The summed E-state index contributed by atoms with van der Waals surface area (Å²) in [5.41, 5.74) is 1.08. The summed E-state index contributed by atoms with van der Waals surface area (Å²) >= 11 is 0. The lowest BCUT2D eigenvalue weighted by Gasteiger charge is -2.07. The zero-order valence-corrected chi connectivity index (χ0v) is 11.3.